The van der Waals surface area contributed by atoms with Gasteiger partial charge in [-0.25, -0.2) is 13.1 Å². The predicted molar refractivity (Wildman–Crippen MR) is 72.2 cm³/mol. The molecule has 0 fully saturated rings. The normalized spacial score (nSPS) is 12.2. The van der Waals surface area contributed by atoms with Crippen molar-refractivity contribution in [3.63, 3.8) is 0 Å². The molecule has 1 aromatic carbocycles. The molecule has 5 nitrogen and oxygen atoms in total. The second kappa shape index (κ2) is 5.70. The van der Waals surface area contributed by atoms with Gasteiger partial charge in [-0.3, -0.25) is 0 Å². The Kier molecular flexibility index (Phi) is 4.69. The van der Waals surface area contributed by atoms with Crippen molar-refractivity contribution in [3.05, 3.63) is 29.3 Å². The van der Waals surface area contributed by atoms with Crippen molar-refractivity contribution in [2.24, 2.45) is 0 Å². The minimum Gasteiger partial charge on any atom is -0.377 e. The van der Waals surface area contributed by atoms with E-state index in [1.54, 1.807) is 26.8 Å². The van der Waals surface area contributed by atoms with Crippen molar-refractivity contribution in [2.75, 3.05) is 13.7 Å². The van der Waals surface area contributed by atoms with Crippen molar-refractivity contribution < 1.29 is 13.2 Å². The number of nitrogens with one attached hydrogen (secondary N) is 1. The fourth-order valence-corrected chi connectivity index (χ4v) is 2.86. The van der Waals surface area contributed by atoms with Gasteiger partial charge in [0.1, 0.15) is 0 Å². The molecule has 6 heteroatoms. The molecule has 0 atom stereocenters. The second-order valence-corrected chi connectivity index (χ2v) is 6.62. The van der Waals surface area contributed by atoms with E-state index >= 15 is 0 Å². The highest BCUT2D eigenvalue weighted by Crippen LogP contribution is 2.17. The number of sulfonamides is 1. The first kappa shape index (κ1) is 15.6. The molecule has 0 bridgehead atoms. The maximum atomic E-state index is 12.2. The summed E-state index contributed by atoms with van der Waals surface area (Å²) in [5, 5.41) is 8.77. The molecule has 0 aliphatic heterocycles. The van der Waals surface area contributed by atoms with Gasteiger partial charge in [0.25, 0.3) is 0 Å². The number of hydrogen-bond donors (Lipinski definition) is 1. The molecule has 0 aliphatic rings. The summed E-state index contributed by atoms with van der Waals surface area (Å²) in [6.07, 6.45) is 0. The molecule has 19 heavy (non-hydrogen) atoms. The minimum atomic E-state index is -3.60. The third kappa shape index (κ3) is 4.03. The lowest BCUT2D eigenvalue weighted by Gasteiger charge is -2.23. The molecule has 0 saturated heterocycles. The largest absolute Gasteiger partial charge is 0.377 e. The first-order valence-electron chi connectivity index (χ1n) is 5.77. The minimum absolute atomic E-state index is 0.172. The summed E-state index contributed by atoms with van der Waals surface area (Å²) in [4.78, 5) is 0.179. The lowest BCUT2D eigenvalue weighted by atomic mass is 10.1. The Morgan fingerprint density at radius 1 is 1.42 bits per heavy atom. The van der Waals surface area contributed by atoms with E-state index in [-0.39, 0.29) is 11.4 Å². The summed E-state index contributed by atoms with van der Waals surface area (Å²) in [7, 11) is -2.07. The molecule has 0 aliphatic carbocycles. The maximum absolute atomic E-state index is 12.2. The van der Waals surface area contributed by atoms with Crippen LogP contribution in [0.15, 0.2) is 23.1 Å². The summed E-state index contributed by atoms with van der Waals surface area (Å²) in [5.74, 6) is 0. The van der Waals surface area contributed by atoms with Crippen LogP contribution in [0, 0.1) is 18.3 Å². The first-order valence-corrected chi connectivity index (χ1v) is 7.26. The second-order valence-electron chi connectivity index (χ2n) is 4.88. The topological polar surface area (TPSA) is 79.2 Å². The summed E-state index contributed by atoms with van der Waals surface area (Å²) in [5.41, 5.74) is 0.406. The molecule has 1 N–H and O–H groups in total. The number of aryl methyl sites for hydroxylation is 1. The Labute approximate surface area is 114 Å². The Balaban J connectivity index is 2.99. The van der Waals surface area contributed by atoms with Gasteiger partial charge in [0.2, 0.25) is 10.0 Å². The van der Waals surface area contributed by atoms with Crippen LogP contribution in [-0.4, -0.2) is 27.7 Å². The molecule has 0 aromatic heterocycles. The highest BCUT2D eigenvalue weighted by molar-refractivity contribution is 7.89. The number of nitriles is 1. The van der Waals surface area contributed by atoms with E-state index in [1.807, 2.05) is 6.07 Å². The van der Waals surface area contributed by atoms with Gasteiger partial charge in [0.05, 0.1) is 22.1 Å². The molecular formula is C13H18N2O3S. The van der Waals surface area contributed by atoms with Crippen LogP contribution in [0.5, 0.6) is 0 Å². The average molecular weight is 282 g/mol. The van der Waals surface area contributed by atoms with Gasteiger partial charge in [-0.05, 0) is 44.5 Å². The van der Waals surface area contributed by atoms with Gasteiger partial charge >= 0.3 is 0 Å². The summed E-state index contributed by atoms with van der Waals surface area (Å²) >= 11 is 0. The fourth-order valence-electron chi connectivity index (χ4n) is 1.44. The number of ether oxygens (including phenoxy) is 1. The van der Waals surface area contributed by atoms with Crippen molar-refractivity contribution in [3.8, 4) is 6.07 Å². The molecule has 0 radical (unpaired) electrons. The number of hydrogen-bond acceptors (Lipinski definition) is 4. The number of nitrogens with zero attached hydrogens (tertiary/aromatic N) is 1. The van der Waals surface area contributed by atoms with E-state index < -0.39 is 15.6 Å². The van der Waals surface area contributed by atoms with Gasteiger partial charge < -0.3 is 4.74 Å². The Morgan fingerprint density at radius 3 is 2.53 bits per heavy atom. The van der Waals surface area contributed by atoms with Crippen molar-refractivity contribution >= 4 is 10.0 Å². The SMILES string of the molecule is COC(C)(C)CNS(=O)(=O)c1ccc(C#N)cc1C. The Hall–Kier alpha value is -1.42. The van der Waals surface area contributed by atoms with Crippen LogP contribution in [0.4, 0.5) is 0 Å². The molecule has 0 unspecified atom stereocenters. The number of rotatable bonds is 5. The first-order chi connectivity index (χ1) is 8.72. The standard InChI is InChI=1S/C13H18N2O3S/c1-10-7-11(8-14)5-6-12(10)19(16,17)15-9-13(2,3)18-4/h5-7,15H,9H2,1-4H3. The molecular weight excluding hydrogens is 264 g/mol. The molecule has 0 saturated carbocycles. The Morgan fingerprint density at radius 2 is 2.05 bits per heavy atom. The third-order valence-electron chi connectivity index (χ3n) is 2.83. The smallest absolute Gasteiger partial charge is 0.240 e. The van der Waals surface area contributed by atoms with Crippen molar-refractivity contribution in [1.29, 1.82) is 5.26 Å². The van der Waals surface area contributed by atoms with Crippen molar-refractivity contribution in [1.82, 2.24) is 4.72 Å². The lowest BCUT2D eigenvalue weighted by molar-refractivity contribution is 0.0276. The van der Waals surface area contributed by atoms with Crippen LogP contribution in [0.2, 0.25) is 0 Å². The van der Waals surface area contributed by atoms with Crippen LogP contribution in [0.25, 0.3) is 0 Å². The molecule has 1 aromatic rings. The van der Waals surface area contributed by atoms with Crippen LogP contribution >= 0.6 is 0 Å². The van der Waals surface area contributed by atoms with Gasteiger partial charge in [-0.2, -0.15) is 5.26 Å². The van der Waals surface area contributed by atoms with Gasteiger partial charge in [0.15, 0.2) is 0 Å². The zero-order chi connectivity index (χ0) is 14.7. The van der Waals surface area contributed by atoms with Gasteiger partial charge in [0, 0.05) is 13.7 Å². The third-order valence-corrected chi connectivity index (χ3v) is 4.40. The molecule has 1 rings (SSSR count). The van der Waals surface area contributed by atoms with Crippen LogP contribution in [0.3, 0.4) is 0 Å². The quantitative estimate of drug-likeness (QED) is 0.889. The van der Waals surface area contributed by atoms with E-state index in [2.05, 4.69) is 4.72 Å². The lowest BCUT2D eigenvalue weighted by Crippen LogP contribution is -2.39. The molecule has 0 amide bonds. The number of benzene rings is 1. The summed E-state index contributed by atoms with van der Waals surface area (Å²) in [6.45, 7) is 5.42. The number of methoxy groups -OCH3 is 1. The van der Waals surface area contributed by atoms with E-state index in [0.29, 0.717) is 11.1 Å². The highest BCUT2D eigenvalue weighted by atomic mass is 32.2. The zero-order valence-electron chi connectivity index (χ0n) is 11.5. The fraction of sp³-hybridized carbons (Fsp3) is 0.462. The van der Waals surface area contributed by atoms with E-state index in [0.717, 1.165) is 0 Å². The summed E-state index contributed by atoms with van der Waals surface area (Å²) in [6, 6.07) is 6.46. The van der Waals surface area contributed by atoms with Crippen LogP contribution in [-0.2, 0) is 14.8 Å². The van der Waals surface area contributed by atoms with E-state index in [1.165, 1.54) is 19.2 Å². The molecule has 104 valence electrons. The predicted octanol–water partition coefficient (Wildman–Crippen LogP) is 1.57. The highest BCUT2D eigenvalue weighted by Gasteiger charge is 2.22. The van der Waals surface area contributed by atoms with Crippen molar-refractivity contribution in [2.45, 2.75) is 31.3 Å². The van der Waals surface area contributed by atoms with Crippen LogP contribution in [0.1, 0.15) is 25.0 Å². The maximum Gasteiger partial charge on any atom is 0.240 e. The van der Waals surface area contributed by atoms with Crippen LogP contribution < -0.4 is 4.72 Å². The van der Waals surface area contributed by atoms with Gasteiger partial charge in [-0.15, -0.1) is 0 Å². The average Bonchev–Trinajstić information content (AvgIpc) is 2.36. The van der Waals surface area contributed by atoms with Gasteiger partial charge in [-0.1, -0.05) is 0 Å². The van der Waals surface area contributed by atoms with E-state index in [4.69, 9.17) is 10.00 Å². The molecule has 0 spiro atoms. The molecule has 0 heterocycles. The van der Waals surface area contributed by atoms with E-state index in [9.17, 15) is 8.42 Å². The Bertz CT molecular complexity index is 601. The zero-order valence-corrected chi connectivity index (χ0v) is 12.3. The monoisotopic (exact) mass is 282 g/mol. The summed E-state index contributed by atoms with van der Waals surface area (Å²) < 4.78 is 32.0.